The summed E-state index contributed by atoms with van der Waals surface area (Å²) < 4.78 is 0.436. The Morgan fingerprint density at radius 1 is 1.29 bits per heavy atom. The lowest BCUT2D eigenvalue weighted by molar-refractivity contribution is 0.282. The van der Waals surface area contributed by atoms with Gasteiger partial charge in [0.2, 0.25) is 0 Å². The Bertz CT molecular complexity index is 344. The summed E-state index contributed by atoms with van der Waals surface area (Å²) >= 11 is 2.09. The molecule has 1 aromatic rings. The molecule has 1 aromatic carbocycles. The molecule has 94 valence electrons. The third-order valence-electron chi connectivity index (χ3n) is 3.33. The lowest BCUT2D eigenvalue weighted by atomic mass is 10.1. The van der Waals surface area contributed by atoms with Gasteiger partial charge in [-0.05, 0) is 36.6 Å². The number of nitrogens with one attached hydrogen (secondary N) is 1. The van der Waals surface area contributed by atoms with Crippen LogP contribution in [0.1, 0.15) is 30.9 Å². The molecule has 0 radical (unpaired) electrons. The quantitative estimate of drug-likeness (QED) is 0.843. The number of aliphatic hydroxyl groups excluding tert-OH is 1. The first-order valence-corrected chi connectivity index (χ1v) is 7.24. The summed E-state index contributed by atoms with van der Waals surface area (Å²) in [7, 11) is 0. The van der Waals surface area contributed by atoms with Crippen molar-refractivity contribution in [2.24, 2.45) is 0 Å². The van der Waals surface area contributed by atoms with Gasteiger partial charge >= 0.3 is 0 Å². The molecule has 1 heterocycles. The second-order valence-electron chi connectivity index (χ2n) is 4.98. The lowest BCUT2D eigenvalue weighted by Crippen LogP contribution is -2.32. The fraction of sp³-hybridized carbons (Fsp3) is 0.571. The highest BCUT2D eigenvalue weighted by molar-refractivity contribution is 8.00. The van der Waals surface area contributed by atoms with Crippen LogP contribution < -0.4 is 5.32 Å². The molecule has 1 saturated heterocycles. The van der Waals surface area contributed by atoms with Crippen LogP contribution >= 0.6 is 11.8 Å². The monoisotopic (exact) mass is 251 g/mol. The van der Waals surface area contributed by atoms with Crippen LogP contribution in [0, 0.1) is 0 Å². The van der Waals surface area contributed by atoms with E-state index in [0.29, 0.717) is 4.75 Å². The molecular formula is C14H21NOS. The Kier molecular flexibility index (Phi) is 4.48. The highest BCUT2D eigenvalue weighted by atomic mass is 32.2. The van der Waals surface area contributed by atoms with Crippen molar-refractivity contribution in [2.75, 3.05) is 12.3 Å². The topological polar surface area (TPSA) is 32.3 Å². The van der Waals surface area contributed by atoms with Crippen molar-refractivity contribution in [3.05, 3.63) is 35.4 Å². The van der Waals surface area contributed by atoms with Gasteiger partial charge in [-0.25, -0.2) is 0 Å². The zero-order valence-electron chi connectivity index (χ0n) is 10.4. The third-order valence-corrected chi connectivity index (χ3v) is 4.87. The summed E-state index contributed by atoms with van der Waals surface area (Å²) in [5, 5.41) is 12.5. The maximum absolute atomic E-state index is 8.96. The average Bonchev–Trinajstić information content (AvgIpc) is 2.77. The molecule has 1 atom stereocenters. The lowest BCUT2D eigenvalue weighted by Gasteiger charge is -2.23. The smallest absolute Gasteiger partial charge is 0.0681 e. The van der Waals surface area contributed by atoms with E-state index in [1.54, 1.807) is 0 Å². The van der Waals surface area contributed by atoms with Crippen LogP contribution in [0.25, 0.3) is 0 Å². The highest BCUT2D eigenvalue weighted by Gasteiger charge is 2.28. The Labute approximate surface area is 108 Å². The van der Waals surface area contributed by atoms with E-state index in [9.17, 15) is 0 Å². The van der Waals surface area contributed by atoms with Gasteiger partial charge in [-0.15, -0.1) is 0 Å². The molecule has 0 bridgehead atoms. The van der Waals surface area contributed by atoms with Gasteiger partial charge in [-0.1, -0.05) is 24.3 Å². The zero-order valence-corrected chi connectivity index (χ0v) is 11.2. The van der Waals surface area contributed by atoms with Crippen LogP contribution in [0.3, 0.4) is 0 Å². The molecule has 1 unspecified atom stereocenters. The minimum Gasteiger partial charge on any atom is -0.392 e. The van der Waals surface area contributed by atoms with Crippen LogP contribution in [-0.2, 0) is 13.2 Å². The number of hydrogen-bond donors (Lipinski definition) is 2. The number of rotatable bonds is 5. The first-order chi connectivity index (χ1) is 8.22. The van der Waals surface area contributed by atoms with E-state index in [1.165, 1.54) is 24.2 Å². The first-order valence-electron chi connectivity index (χ1n) is 6.25. The molecule has 0 saturated carbocycles. The summed E-state index contributed by atoms with van der Waals surface area (Å²) in [6.07, 6.45) is 2.68. The van der Waals surface area contributed by atoms with Crippen molar-refractivity contribution < 1.29 is 5.11 Å². The van der Waals surface area contributed by atoms with Crippen molar-refractivity contribution in [1.29, 1.82) is 0 Å². The van der Waals surface area contributed by atoms with Crippen molar-refractivity contribution >= 4 is 11.8 Å². The second kappa shape index (κ2) is 5.89. The molecule has 2 nitrogen and oxygen atoms in total. The minimum absolute atomic E-state index is 0.127. The molecule has 0 spiro atoms. The van der Waals surface area contributed by atoms with Crippen LogP contribution in [-0.4, -0.2) is 22.2 Å². The maximum Gasteiger partial charge on any atom is 0.0681 e. The number of thioether (sulfide) groups is 1. The van der Waals surface area contributed by atoms with Gasteiger partial charge in [0.25, 0.3) is 0 Å². The predicted octanol–water partition coefficient (Wildman–Crippen LogP) is 2.55. The van der Waals surface area contributed by atoms with E-state index in [0.717, 1.165) is 18.7 Å². The molecule has 3 heteroatoms. The highest BCUT2D eigenvalue weighted by Crippen LogP contribution is 2.36. The van der Waals surface area contributed by atoms with Crippen LogP contribution in [0.4, 0.5) is 0 Å². The van der Waals surface area contributed by atoms with Crippen LogP contribution in [0.15, 0.2) is 24.3 Å². The third kappa shape index (κ3) is 3.73. The van der Waals surface area contributed by atoms with Crippen molar-refractivity contribution in [3.8, 4) is 0 Å². The van der Waals surface area contributed by atoms with Crippen molar-refractivity contribution in [1.82, 2.24) is 5.32 Å². The first kappa shape index (κ1) is 12.9. The van der Waals surface area contributed by atoms with Crippen LogP contribution in [0.2, 0.25) is 0 Å². The molecular weight excluding hydrogens is 230 g/mol. The molecule has 0 aliphatic carbocycles. The average molecular weight is 251 g/mol. The minimum atomic E-state index is 0.127. The predicted molar refractivity (Wildman–Crippen MR) is 74.2 cm³/mol. The van der Waals surface area contributed by atoms with Gasteiger partial charge in [0.15, 0.2) is 0 Å². The standard InChI is InChI=1S/C14H21NOS/c1-14(7-2-8-17-14)11-15-9-12-3-5-13(10-16)6-4-12/h3-6,15-16H,2,7-11H2,1H3. The SMILES string of the molecule is CC1(CNCc2ccc(CO)cc2)CCCS1. The van der Waals surface area contributed by atoms with E-state index >= 15 is 0 Å². The normalized spacial score (nSPS) is 24.1. The van der Waals surface area contributed by atoms with Gasteiger partial charge in [-0.2, -0.15) is 11.8 Å². The van der Waals surface area contributed by atoms with Gasteiger partial charge in [0, 0.05) is 17.8 Å². The van der Waals surface area contributed by atoms with E-state index in [2.05, 4.69) is 36.1 Å². The van der Waals surface area contributed by atoms with Crippen molar-refractivity contribution in [2.45, 2.75) is 37.7 Å². The molecule has 1 aliphatic rings. The largest absolute Gasteiger partial charge is 0.392 e. The molecule has 1 fully saturated rings. The van der Waals surface area contributed by atoms with Gasteiger partial charge in [0.05, 0.1) is 6.61 Å². The molecule has 17 heavy (non-hydrogen) atoms. The number of hydrogen-bond acceptors (Lipinski definition) is 3. The fourth-order valence-electron chi connectivity index (χ4n) is 2.21. The zero-order chi connectivity index (χ0) is 12.1. The number of aliphatic hydroxyl groups is 1. The van der Waals surface area contributed by atoms with Crippen LogP contribution in [0.5, 0.6) is 0 Å². The van der Waals surface area contributed by atoms with Gasteiger partial charge in [-0.3, -0.25) is 0 Å². The molecule has 1 aliphatic heterocycles. The summed E-state index contributed by atoms with van der Waals surface area (Å²) in [5.41, 5.74) is 2.26. The molecule has 2 N–H and O–H groups in total. The van der Waals surface area contributed by atoms with E-state index in [-0.39, 0.29) is 6.61 Å². The van der Waals surface area contributed by atoms with E-state index in [1.807, 2.05) is 12.1 Å². The summed E-state index contributed by atoms with van der Waals surface area (Å²) in [4.78, 5) is 0. The summed E-state index contributed by atoms with van der Waals surface area (Å²) in [6, 6.07) is 8.15. The van der Waals surface area contributed by atoms with Crippen molar-refractivity contribution in [3.63, 3.8) is 0 Å². The van der Waals surface area contributed by atoms with Gasteiger partial charge < -0.3 is 10.4 Å². The fourth-order valence-corrected chi connectivity index (χ4v) is 3.48. The molecule has 0 amide bonds. The maximum atomic E-state index is 8.96. The van der Waals surface area contributed by atoms with E-state index in [4.69, 9.17) is 5.11 Å². The molecule has 2 rings (SSSR count). The Morgan fingerprint density at radius 3 is 2.59 bits per heavy atom. The second-order valence-corrected chi connectivity index (χ2v) is 6.66. The summed E-state index contributed by atoms with van der Waals surface area (Å²) in [6.45, 7) is 4.48. The Balaban J connectivity index is 1.77. The van der Waals surface area contributed by atoms with Gasteiger partial charge in [0.1, 0.15) is 0 Å². The van der Waals surface area contributed by atoms with E-state index < -0.39 is 0 Å². The Hall–Kier alpha value is -0.510. The number of benzene rings is 1. The summed E-state index contributed by atoms with van der Waals surface area (Å²) in [5.74, 6) is 1.31. The Morgan fingerprint density at radius 2 is 2.00 bits per heavy atom. The molecule has 0 aromatic heterocycles.